The van der Waals surface area contributed by atoms with E-state index in [2.05, 4.69) is 18.8 Å². The quantitative estimate of drug-likeness (QED) is 0.747. The number of pyridine rings is 1. The fourth-order valence-corrected chi connectivity index (χ4v) is 2.16. The number of nitrogens with zero attached hydrogens (tertiary/aromatic N) is 1. The molecular weight excluding hydrogens is 201 g/mol. The Hall–Kier alpha value is -1.44. The smallest absolute Gasteiger partial charge is 0.125 e. The van der Waals surface area contributed by atoms with Crippen LogP contribution in [0.2, 0.25) is 0 Å². The van der Waals surface area contributed by atoms with E-state index in [1.165, 1.54) is 17.7 Å². The summed E-state index contributed by atoms with van der Waals surface area (Å²) >= 11 is 0. The van der Waals surface area contributed by atoms with Gasteiger partial charge in [0, 0.05) is 17.6 Å². The zero-order valence-corrected chi connectivity index (χ0v) is 9.70. The second kappa shape index (κ2) is 4.60. The first-order chi connectivity index (χ1) is 7.72. The predicted octanol–water partition coefficient (Wildman–Crippen LogP) is 4.28. The number of halogens is 1. The SMILES string of the molecule is CCCC(C)c1ccnc2cc(F)ccc12. The van der Waals surface area contributed by atoms with Crippen LogP contribution in [-0.4, -0.2) is 4.98 Å². The Balaban J connectivity index is 2.53. The van der Waals surface area contributed by atoms with Crippen molar-refractivity contribution in [1.29, 1.82) is 0 Å². The lowest BCUT2D eigenvalue weighted by Gasteiger charge is -2.13. The van der Waals surface area contributed by atoms with Crippen LogP contribution in [0.25, 0.3) is 10.9 Å². The molecular formula is C14H16FN. The number of fused-ring (bicyclic) bond motifs is 1. The molecule has 1 nitrogen and oxygen atoms in total. The number of rotatable bonds is 3. The monoisotopic (exact) mass is 217 g/mol. The molecule has 0 amide bonds. The maximum atomic E-state index is 13.1. The van der Waals surface area contributed by atoms with Crippen LogP contribution in [0.1, 0.15) is 38.2 Å². The first-order valence-electron chi connectivity index (χ1n) is 5.76. The molecule has 0 N–H and O–H groups in total. The van der Waals surface area contributed by atoms with Crippen LogP contribution < -0.4 is 0 Å². The third kappa shape index (κ3) is 2.06. The lowest BCUT2D eigenvalue weighted by atomic mass is 9.94. The molecule has 0 fully saturated rings. The van der Waals surface area contributed by atoms with Crippen LogP contribution in [0.15, 0.2) is 30.5 Å². The molecule has 0 saturated heterocycles. The molecule has 2 aromatic rings. The molecule has 0 aliphatic rings. The lowest BCUT2D eigenvalue weighted by molar-refractivity contribution is 0.629. The summed E-state index contributed by atoms with van der Waals surface area (Å²) in [5.41, 5.74) is 2.02. The van der Waals surface area contributed by atoms with Crippen molar-refractivity contribution in [2.45, 2.75) is 32.6 Å². The average Bonchev–Trinajstić information content (AvgIpc) is 2.28. The van der Waals surface area contributed by atoms with Gasteiger partial charge in [-0.1, -0.05) is 20.3 Å². The van der Waals surface area contributed by atoms with Crippen LogP contribution in [0.4, 0.5) is 4.39 Å². The summed E-state index contributed by atoms with van der Waals surface area (Å²) in [7, 11) is 0. The van der Waals surface area contributed by atoms with Crippen molar-refractivity contribution in [3.05, 3.63) is 41.8 Å². The molecule has 2 heteroatoms. The van der Waals surface area contributed by atoms with Gasteiger partial charge < -0.3 is 0 Å². The van der Waals surface area contributed by atoms with Gasteiger partial charge in [0.2, 0.25) is 0 Å². The van der Waals surface area contributed by atoms with E-state index in [0.29, 0.717) is 5.92 Å². The normalized spacial score (nSPS) is 12.9. The second-order valence-electron chi connectivity index (χ2n) is 4.25. The lowest BCUT2D eigenvalue weighted by Crippen LogP contribution is -1.95. The molecule has 0 radical (unpaired) electrons. The minimum Gasteiger partial charge on any atom is -0.256 e. The van der Waals surface area contributed by atoms with Crippen LogP contribution in [-0.2, 0) is 0 Å². The predicted molar refractivity (Wildman–Crippen MR) is 65.0 cm³/mol. The van der Waals surface area contributed by atoms with E-state index >= 15 is 0 Å². The van der Waals surface area contributed by atoms with E-state index in [-0.39, 0.29) is 5.82 Å². The van der Waals surface area contributed by atoms with Crippen molar-refractivity contribution in [3.8, 4) is 0 Å². The first-order valence-corrected chi connectivity index (χ1v) is 5.76. The van der Waals surface area contributed by atoms with Crippen molar-refractivity contribution in [2.24, 2.45) is 0 Å². The van der Waals surface area contributed by atoms with Gasteiger partial charge in [-0.2, -0.15) is 0 Å². The van der Waals surface area contributed by atoms with Crippen molar-refractivity contribution in [2.75, 3.05) is 0 Å². The Morgan fingerprint density at radius 2 is 2.12 bits per heavy atom. The van der Waals surface area contributed by atoms with E-state index < -0.39 is 0 Å². The zero-order chi connectivity index (χ0) is 11.5. The fraction of sp³-hybridized carbons (Fsp3) is 0.357. The minimum absolute atomic E-state index is 0.222. The van der Waals surface area contributed by atoms with Crippen LogP contribution in [0, 0.1) is 5.82 Å². The number of benzene rings is 1. The van der Waals surface area contributed by atoms with Gasteiger partial charge in [-0.15, -0.1) is 0 Å². The second-order valence-corrected chi connectivity index (χ2v) is 4.25. The highest BCUT2D eigenvalue weighted by Gasteiger charge is 2.09. The Kier molecular flexibility index (Phi) is 3.18. The molecule has 1 heterocycles. The van der Waals surface area contributed by atoms with Gasteiger partial charge in [-0.05, 0) is 36.1 Å². The summed E-state index contributed by atoms with van der Waals surface area (Å²) in [5, 5.41) is 1.07. The molecule has 0 saturated carbocycles. The summed E-state index contributed by atoms with van der Waals surface area (Å²) < 4.78 is 13.1. The number of aromatic nitrogens is 1. The minimum atomic E-state index is -0.222. The van der Waals surface area contributed by atoms with Gasteiger partial charge in [0.15, 0.2) is 0 Å². The van der Waals surface area contributed by atoms with Gasteiger partial charge in [0.05, 0.1) is 5.52 Å². The molecule has 16 heavy (non-hydrogen) atoms. The number of hydrogen-bond donors (Lipinski definition) is 0. The maximum Gasteiger partial charge on any atom is 0.125 e. The molecule has 0 aliphatic carbocycles. The molecule has 0 spiro atoms. The Labute approximate surface area is 95.3 Å². The Bertz CT molecular complexity index is 493. The maximum absolute atomic E-state index is 13.1. The fourth-order valence-electron chi connectivity index (χ4n) is 2.16. The Morgan fingerprint density at radius 3 is 2.88 bits per heavy atom. The number of hydrogen-bond acceptors (Lipinski definition) is 1. The Morgan fingerprint density at radius 1 is 1.31 bits per heavy atom. The van der Waals surface area contributed by atoms with E-state index in [0.717, 1.165) is 23.7 Å². The van der Waals surface area contributed by atoms with Gasteiger partial charge in [-0.3, -0.25) is 4.98 Å². The third-order valence-electron chi connectivity index (χ3n) is 2.99. The van der Waals surface area contributed by atoms with Crippen molar-refractivity contribution in [3.63, 3.8) is 0 Å². The summed E-state index contributed by atoms with van der Waals surface area (Å²) in [6, 6.07) is 6.88. The van der Waals surface area contributed by atoms with E-state index in [1.54, 1.807) is 6.20 Å². The highest BCUT2D eigenvalue weighted by atomic mass is 19.1. The van der Waals surface area contributed by atoms with Gasteiger partial charge in [0.25, 0.3) is 0 Å². The molecule has 1 atom stereocenters. The molecule has 1 aromatic heterocycles. The van der Waals surface area contributed by atoms with Gasteiger partial charge in [0.1, 0.15) is 5.82 Å². The van der Waals surface area contributed by atoms with E-state index in [9.17, 15) is 4.39 Å². The summed E-state index contributed by atoms with van der Waals surface area (Å²) in [5.74, 6) is 0.279. The molecule has 1 aromatic carbocycles. The van der Waals surface area contributed by atoms with Crippen molar-refractivity contribution < 1.29 is 4.39 Å². The average molecular weight is 217 g/mol. The topological polar surface area (TPSA) is 12.9 Å². The van der Waals surface area contributed by atoms with Crippen LogP contribution in [0.3, 0.4) is 0 Å². The van der Waals surface area contributed by atoms with Gasteiger partial charge in [-0.25, -0.2) is 4.39 Å². The molecule has 2 rings (SSSR count). The van der Waals surface area contributed by atoms with Crippen molar-refractivity contribution >= 4 is 10.9 Å². The van der Waals surface area contributed by atoms with Crippen LogP contribution in [0.5, 0.6) is 0 Å². The largest absolute Gasteiger partial charge is 0.256 e. The van der Waals surface area contributed by atoms with E-state index in [1.807, 2.05) is 12.1 Å². The molecule has 84 valence electrons. The van der Waals surface area contributed by atoms with E-state index in [4.69, 9.17) is 0 Å². The van der Waals surface area contributed by atoms with Crippen LogP contribution >= 0.6 is 0 Å². The summed E-state index contributed by atoms with van der Waals surface area (Å²) in [6.45, 7) is 4.39. The molecule has 0 bridgehead atoms. The van der Waals surface area contributed by atoms with Gasteiger partial charge >= 0.3 is 0 Å². The zero-order valence-electron chi connectivity index (χ0n) is 9.70. The summed E-state index contributed by atoms with van der Waals surface area (Å²) in [6.07, 6.45) is 4.08. The third-order valence-corrected chi connectivity index (χ3v) is 2.99. The molecule has 1 unspecified atom stereocenters. The molecule has 0 aliphatic heterocycles. The first kappa shape index (κ1) is 11.1. The van der Waals surface area contributed by atoms with Crippen molar-refractivity contribution in [1.82, 2.24) is 4.98 Å². The standard InChI is InChI=1S/C14H16FN/c1-3-4-10(2)12-7-8-16-14-9-11(15)5-6-13(12)14/h5-10H,3-4H2,1-2H3. The highest BCUT2D eigenvalue weighted by Crippen LogP contribution is 2.27. The summed E-state index contributed by atoms with van der Waals surface area (Å²) in [4.78, 5) is 4.21. The highest BCUT2D eigenvalue weighted by molar-refractivity contribution is 5.82.